The van der Waals surface area contributed by atoms with Crippen LogP contribution in [0.4, 0.5) is 5.82 Å². The van der Waals surface area contributed by atoms with Gasteiger partial charge in [0, 0.05) is 32.4 Å². The number of aliphatic imine (C=N–C) groups is 1. The predicted molar refractivity (Wildman–Crippen MR) is 60.8 cm³/mol. The van der Waals surface area contributed by atoms with Crippen LogP contribution in [0, 0.1) is 13.8 Å². The molecule has 0 saturated carbocycles. The molecule has 1 rings (SSSR count). The minimum absolute atomic E-state index is 0.274. The van der Waals surface area contributed by atoms with Gasteiger partial charge in [-0.25, -0.2) is 9.79 Å². The van der Waals surface area contributed by atoms with Crippen molar-refractivity contribution < 1.29 is 0 Å². The fourth-order valence-electron chi connectivity index (χ4n) is 1.10. The van der Waals surface area contributed by atoms with Crippen LogP contribution in [0.25, 0.3) is 0 Å². The van der Waals surface area contributed by atoms with E-state index in [0.717, 1.165) is 11.3 Å². The first kappa shape index (κ1) is 11.4. The number of hydrogen-bond acceptors (Lipinski definition) is 3. The van der Waals surface area contributed by atoms with Crippen LogP contribution < -0.4 is 5.69 Å². The van der Waals surface area contributed by atoms with E-state index in [-0.39, 0.29) is 5.69 Å². The topological polar surface area (TPSA) is 50.5 Å². The molecule has 1 aromatic rings. The highest BCUT2D eigenvalue weighted by Gasteiger charge is 2.06. The Bertz CT molecular complexity index is 445. The standard InChI is InChI=1S/C10H16N4O/c1-7-8(2)14(5)10(15)12-9(7)11-6-13(3)4/h6H,1-5H3. The first-order chi connectivity index (χ1) is 6.93. The van der Waals surface area contributed by atoms with E-state index in [0.29, 0.717) is 5.82 Å². The minimum Gasteiger partial charge on any atom is -0.369 e. The molecule has 5 heteroatoms. The molecule has 0 bridgehead atoms. The van der Waals surface area contributed by atoms with Crippen LogP contribution in [-0.2, 0) is 7.05 Å². The Kier molecular flexibility index (Phi) is 3.24. The molecule has 0 atom stereocenters. The quantitative estimate of drug-likeness (QED) is 0.529. The number of aromatic nitrogens is 2. The Morgan fingerprint density at radius 1 is 1.40 bits per heavy atom. The Morgan fingerprint density at radius 2 is 2.00 bits per heavy atom. The van der Waals surface area contributed by atoms with E-state index in [9.17, 15) is 4.79 Å². The molecular weight excluding hydrogens is 192 g/mol. The zero-order valence-corrected chi connectivity index (χ0v) is 9.77. The van der Waals surface area contributed by atoms with Crippen molar-refractivity contribution in [2.24, 2.45) is 12.0 Å². The lowest BCUT2D eigenvalue weighted by molar-refractivity contribution is 0.642. The van der Waals surface area contributed by atoms with Gasteiger partial charge in [-0.2, -0.15) is 4.98 Å². The highest BCUT2D eigenvalue weighted by molar-refractivity contribution is 5.60. The summed E-state index contributed by atoms with van der Waals surface area (Å²) in [7, 11) is 5.44. The fourth-order valence-corrected chi connectivity index (χ4v) is 1.10. The normalized spacial score (nSPS) is 11.0. The monoisotopic (exact) mass is 208 g/mol. The van der Waals surface area contributed by atoms with Crippen molar-refractivity contribution in [3.05, 3.63) is 21.7 Å². The van der Waals surface area contributed by atoms with Crippen LogP contribution in [0.1, 0.15) is 11.3 Å². The zero-order chi connectivity index (χ0) is 11.6. The summed E-state index contributed by atoms with van der Waals surface area (Å²) in [5, 5.41) is 0. The molecule has 0 aromatic carbocycles. The molecular formula is C10H16N4O. The second-order valence-corrected chi connectivity index (χ2v) is 3.70. The average Bonchev–Trinajstić information content (AvgIpc) is 2.18. The molecule has 0 radical (unpaired) electrons. The van der Waals surface area contributed by atoms with Crippen molar-refractivity contribution in [2.45, 2.75) is 13.8 Å². The Balaban J connectivity index is 3.27. The van der Waals surface area contributed by atoms with Gasteiger partial charge in [0.15, 0.2) is 5.82 Å². The Hall–Kier alpha value is -1.65. The molecule has 0 saturated heterocycles. The first-order valence-corrected chi connectivity index (χ1v) is 4.68. The van der Waals surface area contributed by atoms with Crippen molar-refractivity contribution in [1.29, 1.82) is 0 Å². The van der Waals surface area contributed by atoms with Crippen molar-refractivity contribution >= 4 is 12.2 Å². The van der Waals surface area contributed by atoms with Crippen LogP contribution in [0.2, 0.25) is 0 Å². The smallest absolute Gasteiger partial charge is 0.349 e. The van der Waals surface area contributed by atoms with Crippen molar-refractivity contribution in [1.82, 2.24) is 14.5 Å². The van der Waals surface area contributed by atoms with Crippen LogP contribution >= 0.6 is 0 Å². The third kappa shape index (κ3) is 2.43. The van der Waals surface area contributed by atoms with Gasteiger partial charge < -0.3 is 4.90 Å². The van der Waals surface area contributed by atoms with Crippen molar-refractivity contribution in [3.63, 3.8) is 0 Å². The first-order valence-electron chi connectivity index (χ1n) is 4.68. The molecule has 0 spiro atoms. The second-order valence-electron chi connectivity index (χ2n) is 3.70. The summed E-state index contributed by atoms with van der Waals surface area (Å²) in [5.41, 5.74) is 1.54. The molecule has 1 heterocycles. The van der Waals surface area contributed by atoms with Gasteiger partial charge in [0.2, 0.25) is 0 Å². The molecule has 0 amide bonds. The summed E-state index contributed by atoms with van der Waals surface area (Å²) in [6.45, 7) is 3.79. The largest absolute Gasteiger partial charge is 0.369 e. The van der Waals surface area contributed by atoms with Gasteiger partial charge in [0.1, 0.15) is 0 Å². The van der Waals surface area contributed by atoms with E-state index < -0.39 is 0 Å². The van der Waals surface area contributed by atoms with Gasteiger partial charge in [0.05, 0.1) is 6.34 Å². The highest BCUT2D eigenvalue weighted by atomic mass is 16.1. The van der Waals surface area contributed by atoms with Gasteiger partial charge in [0.25, 0.3) is 0 Å². The van der Waals surface area contributed by atoms with Crippen LogP contribution in [0.15, 0.2) is 9.79 Å². The average molecular weight is 208 g/mol. The maximum atomic E-state index is 11.4. The molecule has 1 aromatic heterocycles. The van der Waals surface area contributed by atoms with E-state index in [2.05, 4.69) is 9.98 Å². The van der Waals surface area contributed by atoms with Crippen LogP contribution in [0.3, 0.4) is 0 Å². The molecule has 15 heavy (non-hydrogen) atoms. The number of rotatable bonds is 2. The summed E-state index contributed by atoms with van der Waals surface area (Å²) in [6.07, 6.45) is 1.63. The van der Waals surface area contributed by atoms with E-state index in [1.54, 1.807) is 18.3 Å². The van der Waals surface area contributed by atoms with E-state index in [4.69, 9.17) is 0 Å². The molecule has 0 aliphatic heterocycles. The predicted octanol–water partition coefficient (Wildman–Crippen LogP) is 0.619. The van der Waals surface area contributed by atoms with Crippen molar-refractivity contribution in [3.8, 4) is 0 Å². The summed E-state index contributed by atoms with van der Waals surface area (Å²) in [6, 6.07) is 0. The van der Waals surface area contributed by atoms with E-state index in [1.165, 1.54) is 4.57 Å². The minimum atomic E-state index is -0.274. The van der Waals surface area contributed by atoms with Crippen LogP contribution in [-0.4, -0.2) is 34.9 Å². The van der Waals surface area contributed by atoms with E-state index in [1.807, 2.05) is 27.9 Å². The molecule has 0 fully saturated rings. The lowest BCUT2D eigenvalue weighted by Gasteiger charge is -2.08. The van der Waals surface area contributed by atoms with Crippen LogP contribution in [0.5, 0.6) is 0 Å². The summed E-state index contributed by atoms with van der Waals surface area (Å²) in [5.74, 6) is 0.490. The van der Waals surface area contributed by atoms with Gasteiger partial charge in [-0.15, -0.1) is 0 Å². The van der Waals surface area contributed by atoms with Gasteiger partial charge in [-0.05, 0) is 13.8 Å². The highest BCUT2D eigenvalue weighted by Crippen LogP contribution is 2.14. The summed E-state index contributed by atoms with van der Waals surface area (Å²) >= 11 is 0. The third-order valence-corrected chi connectivity index (χ3v) is 2.28. The Morgan fingerprint density at radius 3 is 2.53 bits per heavy atom. The maximum absolute atomic E-state index is 11.4. The SMILES string of the molecule is Cc1c(N=CN(C)C)nc(=O)n(C)c1C. The fraction of sp³-hybridized carbons (Fsp3) is 0.500. The van der Waals surface area contributed by atoms with Gasteiger partial charge >= 0.3 is 5.69 Å². The number of hydrogen-bond donors (Lipinski definition) is 0. The summed E-state index contributed by atoms with van der Waals surface area (Å²) in [4.78, 5) is 21.3. The molecule has 0 aliphatic carbocycles. The lowest BCUT2D eigenvalue weighted by Crippen LogP contribution is -2.23. The summed E-state index contributed by atoms with van der Waals surface area (Å²) < 4.78 is 1.52. The lowest BCUT2D eigenvalue weighted by atomic mass is 10.2. The van der Waals surface area contributed by atoms with E-state index >= 15 is 0 Å². The molecule has 5 nitrogen and oxygen atoms in total. The maximum Gasteiger partial charge on any atom is 0.349 e. The third-order valence-electron chi connectivity index (χ3n) is 2.28. The number of nitrogens with zero attached hydrogens (tertiary/aromatic N) is 4. The molecule has 82 valence electrons. The zero-order valence-electron chi connectivity index (χ0n) is 9.77. The van der Waals surface area contributed by atoms with Crippen molar-refractivity contribution in [2.75, 3.05) is 14.1 Å². The second kappa shape index (κ2) is 4.25. The van der Waals surface area contributed by atoms with Gasteiger partial charge in [-0.1, -0.05) is 0 Å². The Labute approximate surface area is 89.1 Å². The molecule has 0 N–H and O–H groups in total. The van der Waals surface area contributed by atoms with Gasteiger partial charge in [-0.3, -0.25) is 4.57 Å². The molecule has 0 unspecified atom stereocenters. The molecule has 0 aliphatic rings.